The van der Waals surface area contributed by atoms with Crippen molar-refractivity contribution in [1.82, 2.24) is 14.9 Å². The molecule has 0 bridgehead atoms. The van der Waals surface area contributed by atoms with Gasteiger partial charge in [0.15, 0.2) is 5.82 Å². The number of rotatable bonds is 3. The summed E-state index contributed by atoms with van der Waals surface area (Å²) in [6.07, 6.45) is 5.70. The Bertz CT molecular complexity index is 383. The SMILES string of the molecule is CCC1CN(C)CCCN1c1cncc(NN)n1. The van der Waals surface area contributed by atoms with Crippen LogP contribution in [0.5, 0.6) is 0 Å². The van der Waals surface area contributed by atoms with E-state index >= 15 is 0 Å². The Hall–Kier alpha value is -1.40. The van der Waals surface area contributed by atoms with Gasteiger partial charge in [0.2, 0.25) is 0 Å². The Morgan fingerprint density at radius 3 is 3.00 bits per heavy atom. The van der Waals surface area contributed by atoms with Gasteiger partial charge in [-0.3, -0.25) is 4.98 Å². The molecule has 0 aliphatic carbocycles. The van der Waals surface area contributed by atoms with Crippen LogP contribution in [0.4, 0.5) is 11.6 Å². The number of hydrogen-bond acceptors (Lipinski definition) is 6. The molecule has 100 valence electrons. The molecule has 1 atom stereocenters. The first-order valence-electron chi connectivity index (χ1n) is 6.48. The van der Waals surface area contributed by atoms with Gasteiger partial charge >= 0.3 is 0 Å². The number of nitrogens with two attached hydrogens (primary N) is 1. The molecule has 18 heavy (non-hydrogen) atoms. The van der Waals surface area contributed by atoms with E-state index in [0.29, 0.717) is 11.9 Å². The van der Waals surface area contributed by atoms with Gasteiger partial charge in [0, 0.05) is 19.1 Å². The third-order valence-electron chi connectivity index (χ3n) is 3.44. The molecule has 6 heteroatoms. The van der Waals surface area contributed by atoms with Crippen LogP contribution in [0.1, 0.15) is 19.8 Å². The molecule has 1 aliphatic rings. The van der Waals surface area contributed by atoms with Gasteiger partial charge in [-0.15, -0.1) is 0 Å². The Morgan fingerprint density at radius 1 is 1.44 bits per heavy atom. The number of nitrogen functional groups attached to an aromatic ring is 1. The van der Waals surface area contributed by atoms with Crippen LogP contribution in [-0.2, 0) is 0 Å². The minimum Gasteiger partial charge on any atom is -0.351 e. The van der Waals surface area contributed by atoms with Gasteiger partial charge in [-0.05, 0) is 26.4 Å². The minimum absolute atomic E-state index is 0.486. The van der Waals surface area contributed by atoms with Crippen molar-refractivity contribution >= 4 is 11.6 Å². The van der Waals surface area contributed by atoms with Crippen molar-refractivity contribution in [2.24, 2.45) is 5.84 Å². The normalized spacial score (nSPS) is 21.7. The van der Waals surface area contributed by atoms with E-state index in [1.54, 1.807) is 6.20 Å². The van der Waals surface area contributed by atoms with Gasteiger partial charge in [0.05, 0.1) is 12.4 Å². The Morgan fingerprint density at radius 2 is 2.28 bits per heavy atom. The fourth-order valence-electron chi connectivity index (χ4n) is 2.46. The number of hydrazine groups is 1. The van der Waals surface area contributed by atoms with Crippen molar-refractivity contribution in [1.29, 1.82) is 0 Å². The molecule has 0 spiro atoms. The number of nitrogens with zero attached hydrogens (tertiary/aromatic N) is 4. The van der Waals surface area contributed by atoms with Crippen LogP contribution in [0.15, 0.2) is 12.4 Å². The average Bonchev–Trinajstić information content (AvgIpc) is 2.60. The number of aromatic nitrogens is 2. The van der Waals surface area contributed by atoms with Gasteiger partial charge < -0.3 is 15.2 Å². The molecule has 1 saturated heterocycles. The second-order valence-electron chi connectivity index (χ2n) is 4.78. The second kappa shape index (κ2) is 5.97. The smallest absolute Gasteiger partial charge is 0.160 e. The van der Waals surface area contributed by atoms with E-state index in [1.165, 1.54) is 0 Å². The maximum Gasteiger partial charge on any atom is 0.160 e. The molecule has 6 nitrogen and oxygen atoms in total. The molecule has 0 amide bonds. The average molecular weight is 250 g/mol. The standard InChI is InChI=1S/C12H22N6/c1-3-10-9-17(2)5-4-6-18(10)12-8-14-7-11(15-12)16-13/h7-8,10H,3-6,9,13H2,1-2H3,(H,15,16). The van der Waals surface area contributed by atoms with E-state index in [0.717, 1.165) is 38.3 Å². The summed E-state index contributed by atoms with van der Waals surface area (Å²) in [5.74, 6) is 6.91. The lowest BCUT2D eigenvalue weighted by molar-refractivity contribution is 0.327. The van der Waals surface area contributed by atoms with E-state index in [2.05, 4.69) is 39.2 Å². The second-order valence-corrected chi connectivity index (χ2v) is 4.78. The largest absolute Gasteiger partial charge is 0.351 e. The summed E-state index contributed by atoms with van der Waals surface area (Å²) >= 11 is 0. The lowest BCUT2D eigenvalue weighted by Gasteiger charge is -2.31. The Labute approximate surface area is 108 Å². The van der Waals surface area contributed by atoms with Crippen LogP contribution < -0.4 is 16.2 Å². The molecular weight excluding hydrogens is 228 g/mol. The number of anilines is 2. The lowest BCUT2D eigenvalue weighted by Crippen LogP contribution is -2.40. The van der Waals surface area contributed by atoms with Crippen molar-refractivity contribution in [2.75, 3.05) is 37.0 Å². The molecule has 2 rings (SSSR count). The predicted molar refractivity (Wildman–Crippen MR) is 73.4 cm³/mol. The van der Waals surface area contributed by atoms with Crippen molar-refractivity contribution in [3.8, 4) is 0 Å². The molecule has 1 fully saturated rings. The van der Waals surface area contributed by atoms with Crippen LogP contribution in [0.2, 0.25) is 0 Å². The number of nitrogens with one attached hydrogen (secondary N) is 1. The maximum atomic E-state index is 5.39. The third kappa shape index (κ3) is 2.88. The van der Waals surface area contributed by atoms with Crippen molar-refractivity contribution < 1.29 is 0 Å². The fourth-order valence-corrected chi connectivity index (χ4v) is 2.46. The van der Waals surface area contributed by atoms with Crippen LogP contribution >= 0.6 is 0 Å². The molecule has 1 aliphatic heterocycles. The zero-order valence-electron chi connectivity index (χ0n) is 11.1. The third-order valence-corrected chi connectivity index (χ3v) is 3.44. The van der Waals surface area contributed by atoms with Gasteiger partial charge in [-0.25, -0.2) is 10.8 Å². The molecular formula is C12H22N6. The molecule has 0 radical (unpaired) electrons. The van der Waals surface area contributed by atoms with Crippen molar-refractivity contribution in [2.45, 2.75) is 25.8 Å². The number of hydrogen-bond donors (Lipinski definition) is 2. The quantitative estimate of drug-likeness (QED) is 0.607. The van der Waals surface area contributed by atoms with E-state index in [1.807, 2.05) is 6.20 Å². The summed E-state index contributed by atoms with van der Waals surface area (Å²) in [6.45, 7) is 5.44. The summed E-state index contributed by atoms with van der Waals surface area (Å²) in [6, 6.07) is 0.486. The topological polar surface area (TPSA) is 70.3 Å². The fraction of sp³-hybridized carbons (Fsp3) is 0.667. The molecule has 0 saturated carbocycles. The highest BCUT2D eigenvalue weighted by Gasteiger charge is 2.23. The van der Waals surface area contributed by atoms with Gasteiger partial charge in [-0.2, -0.15) is 0 Å². The van der Waals surface area contributed by atoms with Gasteiger partial charge in [0.25, 0.3) is 0 Å². The highest BCUT2D eigenvalue weighted by molar-refractivity contribution is 5.44. The van der Waals surface area contributed by atoms with Gasteiger partial charge in [0.1, 0.15) is 5.82 Å². The monoisotopic (exact) mass is 250 g/mol. The Kier molecular flexibility index (Phi) is 4.33. The lowest BCUT2D eigenvalue weighted by atomic mass is 10.2. The molecule has 0 aromatic carbocycles. The summed E-state index contributed by atoms with van der Waals surface area (Å²) in [5, 5.41) is 0. The van der Waals surface area contributed by atoms with Gasteiger partial charge in [-0.1, -0.05) is 6.92 Å². The first kappa shape index (κ1) is 13.0. The van der Waals surface area contributed by atoms with E-state index in [4.69, 9.17) is 5.84 Å². The predicted octanol–water partition coefficient (Wildman–Crippen LogP) is 0.683. The van der Waals surface area contributed by atoms with E-state index in [-0.39, 0.29) is 0 Å². The molecule has 1 unspecified atom stereocenters. The molecule has 1 aromatic heterocycles. The maximum absolute atomic E-state index is 5.39. The van der Waals surface area contributed by atoms with Crippen LogP contribution in [0, 0.1) is 0 Å². The van der Waals surface area contributed by atoms with E-state index in [9.17, 15) is 0 Å². The first-order chi connectivity index (χ1) is 8.74. The minimum atomic E-state index is 0.486. The summed E-state index contributed by atoms with van der Waals surface area (Å²) in [7, 11) is 2.18. The molecule has 3 N–H and O–H groups in total. The van der Waals surface area contributed by atoms with Crippen LogP contribution in [0.25, 0.3) is 0 Å². The highest BCUT2D eigenvalue weighted by atomic mass is 15.3. The summed E-state index contributed by atoms with van der Waals surface area (Å²) in [5.41, 5.74) is 2.55. The van der Waals surface area contributed by atoms with Crippen LogP contribution in [-0.4, -0.2) is 47.6 Å². The van der Waals surface area contributed by atoms with E-state index < -0.39 is 0 Å². The van der Waals surface area contributed by atoms with Crippen LogP contribution in [0.3, 0.4) is 0 Å². The first-order valence-corrected chi connectivity index (χ1v) is 6.48. The number of likely N-dealkylation sites (N-methyl/N-ethyl adjacent to an activating group) is 1. The molecule has 2 heterocycles. The summed E-state index contributed by atoms with van der Waals surface area (Å²) < 4.78 is 0. The Balaban J connectivity index is 2.22. The molecule has 1 aromatic rings. The highest BCUT2D eigenvalue weighted by Crippen LogP contribution is 2.20. The zero-order chi connectivity index (χ0) is 13.0. The zero-order valence-corrected chi connectivity index (χ0v) is 11.1. The summed E-state index contributed by atoms with van der Waals surface area (Å²) in [4.78, 5) is 13.4. The van der Waals surface area contributed by atoms with Crippen molar-refractivity contribution in [3.63, 3.8) is 0 Å². The van der Waals surface area contributed by atoms with Crippen molar-refractivity contribution in [3.05, 3.63) is 12.4 Å².